The van der Waals surface area contributed by atoms with Gasteiger partial charge in [-0.05, 0) is 68.2 Å². The van der Waals surface area contributed by atoms with Crippen LogP contribution >= 0.6 is 11.6 Å². The van der Waals surface area contributed by atoms with E-state index in [1.54, 1.807) is 25.4 Å². The molecule has 11 rings (SSSR count). The fourth-order valence-electron chi connectivity index (χ4n) is 10.8. The fraction of sp³-hybridized carbons (Fsp3) is 0.511. The molecule has 5 fully saturated rings. The van der Waals surface area contributed by atoms with Crippen molar-refractivity contribution >= 4 is 74.0 Å². The summed E-state index contributed by atoms with van der Waals surface area (Å²) in [7, 11) is 3.53. The minimum atomic E-state index is -3.14. The van der Waals surface area contributed by atoms with Crippen LogP contribution in [-0.4, -0.2) is 118 Å². The van der Waals surface area contributed by atoms with E-state index in [1.165, 1.54) is 4.57 Å². The topological polar surface area (TPSA) is 164 Å². The molecule has 3 aromatic heterocycles. The number of benzene rings is 2. The lowest BCUT2D eigenvalue weighted by Gasteiger charge is -2.50. The number of aryl methyl sites for hydroxylation is 2. The summed E-state index contributed by atoms with van der Waals surface area (Å²) in [5, 5.41) is 15.5. The number of amides is 2. The van der Waals surface area contributed by atoms with Gasteiger partial charge in [-0.2, -0.15) is 10.1 Å². The lowest BCUT2D eigenvalue weighted by atomic mass is 9.92. The first-order valence-corrected chi connectivity index (χ1v) is 22.6. The van der Waals surface area contributed by atoms with Crippen LogP contribution in [0.15, 0.2) is 47.4 Å². The number of carbonyl (C=O) groups is 2. The van der Waals surface area contributed by atoms with Crippen molar-refractivity contribution in [2.45, 2.75) is 68.5 Å². The van der Waals surface area contributed by atoms with E-state index >= 15 is 8.78 Å². The van der Waals surface area contributed by atoms with E-state index in [2.05, 4.69) is 36.7 Å². The molecule has 3 N–H and O–H groups in total. The number of halogens is 3. The summed E-state index contributed by atoms with van der Waals surface area (Å²) < 4.78 is 45.4. The van der Waals surface area contributed by atoms with Crippen LogP contribution in [0, 0.1) is 11.8 Å². The van der Waals surface area contributed by atoms with Gasteiger partial charge in [0.05, 0.1) is 71.6 Å². The number of nitrogens with zero attached hydrogens (tertiary/aromatic N) is 8. The summed E-state index contributed by atoms with van der Waals surface area (Å²) >= 11 is 6.73. The summed E-state index contributed by atoms with van der Waals surface area (Å²) in [5.74, 6) is -2.94. The molecule has 0 radical (unpaired) electrons. The number of pyridine rings is 1. The van der Waals surface area contributed by atoms with Crippen LogP contribution in [0.1, 0.15) is 50.1 Å². The molecule has 0 spiro atoms. The molecule has 4 saturated heterocycles. The highest BCUT2D eigenvalue weighted by Gasteiger charge is 2.51. The van der Waals surface area contributed by atoms with Crippen LogP contribution in [0.2, 0.25) is 5.02 Å². The lowest BCUT2D eigenvalue weighted by Crippen LogP contribution is -2.65. The molecule has 3 unspecified atom stereocenters. The average Bonchev–Trinajstić information content (AvgIpc) is 4.08. The molecular weight excluding hydrogens is 848 g/mol. The van der Waals surface area contributed by atoms with Crippen molar-refractivity contribution in [3.8, 4) is 5.75 Å². The number of alkyl halides is 2. The smallest absolute Gasteiger partial charge is 0.301 e. The Balaban J connectivity index is 0.771. The zero-order valence-electron chi connectivity index (χ0n) is 35.7. The number of fused-ring (bicyclic) bond motifs is 6. The molecule has 8 heterocycles. The van der Waals surface area contributed by atoms with E-state index in [1.807, 2.05) is 29.9 Å². The van der Waals surface area contributed by atoms with Crippen LogP contribution in [0.3, 0.4) is 0 Å². The number of carbonyl (C=O) groups excluding carboxylic acids is 2. The van der Waals surface area contributed by atoms with E-state index in [0.717, 1.165) is 67.8 Å². The Kier molecular flexibility index (Phi) is 10.2. The number of hydrogen-bond donors (Lipinski definition) is 3. The first kappa shape index (κ1) is 41.1. The minimum absolute atomic E-state index is 0.0312. The molecule has 64 heavy (non-hydrogen) atoms. The fourth-order valence-corrected chi connectivity index (χ4v) is 10.9. The Hall–Kier alpha value is -5.59. The molecule has 6 aliphatic rings. The third kappa shape index (κ3) is 7.26. The van der Waals surface area contributed by atoms with Gasteiger partial charge < -0.3 is 34.5 Å². The highest BCUT2D eigenvalue weighted by atomic mass is 35.5. The second-order valence-electron chi connectivity index (χ2n) is 18.4. The van der Waals surface area contributed by atoms with Crippen molar-refractivity contribution in [2.24, 2.45) is 25.9 Å². The van der Waals surface area contributed by atoms with Gasteiger partial charge in [-0.15, -0.1) is 0 Å². The summed E-state index contributed by atoms with van der Waals surface area (Å²) in [6, 6.07) is 10.5. The molecule has 19 heteroatoms. The number of piperidine rings is 2. The van der Waals surface area contributed by atoms with Gasteiger partial charge in [0.2, 0.25) is 23.5 Å². The van der Waals surface area contributed by atoms with Crippen LogP contribution in [0.4, 0.5) is 37.6 Å². The Bertz CT molecular complexity index is 2740. The zero-order valence-corrected chi connectivity index (χ0v) is 36.4. The second-order valence-corrected chi connectivity index (χ2v) is 18.8. The third-order valence-electron chi connectivity index (χ3n) is 14.1. The van der Waals surface area contributed by atoms with Gasteiger partial charge in [-0.25, -0.2) is 13.8 Å². The quantitative estimate of drug-likeness (QED) is 0.175. The van der Waals surface area contributed by atoms with Crippen LogP contribution in [-0.2, 0) is 28.4 Å². The van der Waals surface area contributed by atoms with Gasteiger partial charge in [-0.1, -0.05) is 23.7 Å². The molecule has 2 aromatic carbocycles. The zero-order chi connectivity index (χ0) is 44.0. The predicted octanol–water partition coefficient (Wildman–Crippen LogP) is 5.16. The van der Waals surface area contributed by atoms with Crippen molar-refractivity contribution in [2.75, 3.05) is 73.0 Å². The van der Waals surface area contributed by atoms with Gasteiger partial charge in [0.25, 0.3) is 5.56 Å². The highest BCUT2D eigenvalue weighted by molar-refractivity contribution is 6.33. The van der Waals surface area contributed by atoms with E-state index in [-0.39, 0.29) is 41.3 Å². The number of ether oxygens (including phenoxy) is 2. The third-order valence-corrected chi connectivity index (χ3v) is 14.4. The molecule has 4 atom stereocenters. The summed E-state index contributed by atoms with van der Waals surface area (Å²) in [6.07, 6.45) is 5.84. The number of nitrogens with one attached hydrogen (secondary N) is 3. The number of rotatable bonds is 8. The second kappa shape index (κ2) is 15.8. The van der Waals surface area contributed by atoms with Crippen molar-refractivity contribution in [3.05, 3.63) is 63.7 Å². The van der Waals surface area contributed by atoms with Gasteiger partial charge in [-0.3, -0.25) is 29.3 Å². The maximum Gasteiger partial charge on any atom is 0.301 e. The van der Waals surface area contributed by atoms with Crippen molar-refractivity contribution in [1.82, 2.24) is 34.5 Å². The SMILES string of the molecule is Cn1nc(C2CCC(=O)NC2=O)c2cccc(N3CCC(CN4CC5COCC(C4)N5c4ncc(Cl)c(Nc5ccc6c(c5)c5c(c(=O)n6C)OCC(F)(F)[C@H](C6CC6)N5)n4)CC3)c21. The highest BCUT2D eigenvalue weighted by Crippen LogP contribution is 2.46. The maximum atomic E-state index is 15.2. The van der Waals surface area contributed by atoms with Gasteiger partial charge in [0, 0.05) is 69.7 Å². The minimum Gasteiger partial charge on any atom is -0.480 e. The van der Waals surface area contributed by atoms with Crippen molar-refractivity contribution in [3.63, 3.8) is 0 Å². The number of anilines is 5. The Morgan fingerprint density at radius 2 is 1.77 bits per heavy atom. The van der Waals surface area contributed by atoms with Crippen molar-refractivity contribution < 1.29 is 27.8 Å². The van der Waals surface area contributed by atoms with E-state index in [9.17, 15) is 14.4 Å². The van der Waals surface area contributed by atoms with Crippen LogP contribution < -0.4 is 36.0 Å². The number of para-hydroxylation sites is 1. The Labute approximate surface area is 372 Å². The number of hydrogen-bond acceptors (Lipinski definition) is 13. The van der Waals surface area contributed by atoms with Gasteiger partial charge in [0.15, 0.2) is 12.4 Å². The molecule has 1 aliphatic carbocycles. The summed E-state index contributed by atoms with van der Waals surface area (Å²) in [6.45, 7) is 4.62. The van der Waals surface area contributed by atoms with E-state index in [0.29, 0.717) is 78.2 Å². The molecule has 16 nitrogen and oxygen atoms in total. The van der Waals surface area contributed by atoms with Gasteiger partial charge in [0.1, 0.15) is 5.02 Å². The first-order valence-electron chi connectivity index (χ1n) is 22.3. The van der Waals surface area contributed by atoms with E-state index < -0.39 is 30.0 Å². The van der Waals surface area contributed by atoms with Gasteiger partial charge >= 0.3 is 5.92 Å². The molecular formula is C45H50ClF2N11O5. The number of imide groups is 1. The monoisotopic (exact) mass is 897 g/mol. The lowest BCUT2D eigenvalue weighted by molar-refractivity contribution is -0.134. The largest absolute Gasteiger partial charge is 0.480 e. The first-order chi connectivity index (χ1) is 30.9. The maximum absolute atomic E-state index is 15.2. The number of aromatic nitrogens is 5. The Morgan fingerprint density at radius 1 is 0.984 bits per heavy atom. The normalized spacial score (nSPS) is 25.1. The standard InChI is InChI=1S/C45H50ClF2N11O5/c1-55-33-10-8-26(16-31(33)37-39(43(55)62)64-23-45(47,48)40(52-37)25-6-7-25)50-41-32(46)17-49-44(53-41)59-27-19-57(20-28(59)22-63-21-27)18-24-12-14-58(15-13-24)34-5-3-4-29-36(54-56(2)38(29)34)30-9-11-35(60)51-42(30)61/h3-5,8,10,16-17,24-25,27-28,30,40,52H,6-7,9,11-15,18-23H2,1-2H3,(H,49,50,53)(H,51,60,61)/t27?,28?,30?,40-/m0/s1. The molecule has 5 aliphatic heterocycles. The van der Waals surface area contributed by atoms with E-state index in [4.69, 9.17) is 36.1 Å². The molecule has 1 saturated carbocycles. The van der Waals surface area contributed by atoms with Crippen molar-refractivity contribution in [1.29, 1.82) is 0 Å². The number of piperazine rings is 1. The average molecular weight is 898 g/mol. The Morgan fingerprint density at radius 3 is 2.52 bits per heavy atom. The van der Waals surface area contributed by atoms with Crippen LogP contribution in [0.25, 0.3) is 21.8 Å². The molecule has 5 aromatic rings. The molecule has 2 amide bonds. The molecule has 336 valence electrons. The number of morpholine rings is 1. The summed E-state index contributed by atoms with van der Waals surface area (Å²) in [4.78, 5) is 54.8. The predicted molar refractivity (Wildman–Crippen MR) is 238 cm³/mol. The molecule has 2 bridgehead atoms. The van der Waals surface area contributed by atoms with Crippen LogP contribution in [0.5, 0.6) is 5.75 Å². The summed E-state index contributed by atoms with van der Waals surface area (Å²) in [5.41, 5.74) is 3.82.